The first kappa shape index (κ1) is 12.2. The molecule has 3 nitrogen and oxygen atoms in total. The quantitative estimate of drug-likeness (QED) is 0.897. The van der Waals surface area contributed by atoms with Crippen LogP contribution in [-0.2, 0) is 11.2 Å². The molecule has 0 aliphatic rings. The Hall–Kier alpha value is -2.23. The highest BCUT2D eigenvalue weighted by Crippen LogP contribution is 2.20. The van der Waals surface area contributed by atoms with Gasteiger partial charge in [0.25, 0.3) is 0 Å². The number of hydrogen-bond acceptors (Lipinski definition) is 2. The van der Waals surface area contributed by atoms with Crippen molar-refractivity contribution in [1.82, 2.24) is 4.98 Å². The Labute approximate surface area is 104 Å². The molecule has 0 aliphatic heterocycles. The average molecular weight is 244 g/mol. The van der Waals surface area contributed by atoms with E-state index >= 15 is 0 Å². The van der Waals surface area contributed by atoms with Crippen LogP contribution in [0, 0.1) is 5.82 Å². The molecule has 0 atom stereocenters. The molecule has 92 valence electrons. The van der Waals surface area contributed by atoms with Gasteiger partial charge >= 0.3 is 0 Å². The van der Waals surface area contributed by atoms with Gasteiger partial charge in [-0.3, -0.25) is 9.78 Å². The molecule has 1 amide bonds. The van der Waals surface area contributed by atoms with Crippen molar-refractivity contribution in [1.29, 1.82) is 0 Å². The summed E-state index contributed by atoms with van der Waals surface area (Å²) in [6.07, 6.45) is 2.49. The Kier molecular flexibility index (Phi) is 3.67. The number of pyridine rings is 1. The highest BCUT2D eigenvalue weighted by Gasteiger charge is 2.05. The molecule has 0 unspecified atom stereocenters. The number of aromatic nitrogens is 1. The van der Waals surface area contributed by atoms with Crippen molar-refractivity contribution in [2.24, 2.45) is 5.73 Å². The van der Waals surface area contributed by atoms with E-state index in [-0.39, 0.29) is 11.7 Å². The fourth-order valence-corrected chi connectivity index (χ4v) is 1.67. The SMILES string of the molecule is NC(=O)CCc1ccc(-c2ccccc2F)nc1. The lowest BCUT2D eigenvalue weighted by atomic mass is 10.1. The van der Waals surface area contributed by atoms with Crippen molar-refractivity contribution < 1.29 is 9.18 Å². The molecule has 0 saturated carbocycles. The highest BCUT2D eigenvalue weighted by molar-refractivity contribution is 5.74. The maximum absolute atomic E-state index is 13.5. The van der Waals surface area contributed by atoms with Crippen molar-refractivity contribution in [3.63, 3.8) is 0 Å². The van der Waals surface area contributed by atoms with Crippen LogP contribution in [-0.4, -0.2) is 10.9 Å². The molecule has 2 N–H and O–H groups in total. The summed E-state index contributed by atoms with van der Waals surface area (Å²) in [6, 6.07) is 10.1. The third kappa shape index (κ3) is 2.91. The number of nitrogens with zero attached hydrogens (tertiary/aromatic N) is 1. The van der Waals surface area contributed by atoms with Gasteiger partial charge in [-0.05, 0) is 30.2 Å². The lowest BCUT2D eigenvalue weighted by Crippen LogP contribution is -2.11. The van der Waals surface area contributed by atoms with E-state index in [1.807, 2.05) is 6.07 Å². The van der Waals surface area contributed by atoms with E-state index in [1.165, 1.54) is 6.07 Å². The van der Waals surface area contributed by atoms with Gasteiger partial charge in [-0.1, -0.05) is 18.2 Å². The molecule has 0 saturated heterocycles. The largest absolute Gasteiger partial charge is 0.370 e. The molecular weight excluding hydrogens is 231 g/mol. The van der Waals surface area contributed by atoms with Crippen LogP contribution in [0.3, 0.4) is 0 Å². The van der Waals surface area contributed by atoms with Gasteiger partial charge in [-0.15, -0.1) is 0 Å². The fourth-order valence-electron chi connectivity index (χ4n) is 1.67. The van der Waals surface area contributed by atoms with Crippen LogP contribution in [0.15, 0.2) is 42.6 Å². The zero-order chi connectivity index (χ0) is 13.0. The first-order chi connectivity index (χ1) is 8.66. The third-order valence-corrected chi connectivity index (χ3v) is 2.63. The summed E-state index contributed by atoms with van der Waals surface area (Å²) in [5, 5.41) is 0. The Morgan fingerprint density at radius 3 is 2.61 bits per heavy atom. The van der Waals surface area contributed by atoms with Crippen molar-refractivity contribution in [3.8, 4) is 11.3 Å². The number of carbonyl (C=O) groups is 1. The second-order valence-electron chi connectivity index (χ2n) is 4.00. The van der Waals surface area contributed by atoms with Gasteiger partial charge in [-0.25, -0.2) is 4.39 Å². The molecule has 0 spiro atoms. The lowest BCUT2D eigenvalue weighted by molar-refractivity contribution is -0.117. The Balaban J connectivity index is 2.17. The van der Waals surface area contributed by atoms with E-state index in [2.05, 4.69) is 4.98 Å². The molecular formula is C14H13FN2O. The Bertz CT molecular complexity index is 552. The fraction of sp³-hybridized carbons (Fsp3) is 0.143. The van der Waals surface area contributed by atoms with Crippen LogP contribution in [0.4, 0.5) is 4.39 Å². The number of nitrogens with two attached hydrogens (primary N) is 1. The van der Waals surface area contributed by atoms with Gasteiger partial charge in [0.1, 0.15) is 5.82 Å². The van der Waals surface area contributed by atoms with Crippen LogP contribution in [0.2, 0.25) is 0 Å². The van der Waals surface area contributed by atoms with Gasteiger partial charge in [0.15, 0.2) is 0 Å². The predicted molar refractivity (Wildman–Crippen MR) is 67.1 cm³/mol. The number of rotatable bonds is 4. The molecule has 0 aliphatic carbocycles. The Morgan fingerprint density at radius 2 is 2.00 bits per heavy atom. The van der Waals surface area contributed by atoms with Gasteiger partial charge in [0.05, 0.1) is 5.69 Å². The molecule has 1 aromatic heterocycles. The van der Waals surface area contributed by atoms with Gasteiger partial charge in [-0.2, -0.15) is 0 Å². The van der Waals surface area contributed by atoms with Crippen molar-refractivity contribution in [2.75, 3.05) is 0 Å². The molecule has 0 fully saturated rings. The molecule has 2 aromatic rings. The summed E-state index contributed by atoms with van der Waals surface area (Å²) >= 11 is 0. The number of carbonyl (C=O) groups excluding carboxylic acids is 1. The van der Waals surface area contributed by atoms with Crippen LogP contribution in [0.25, 0.3) is 11.3 Å². The summed E-state index contributed by atoms with van der Waals surface area (Å²) in [7, 11) is 0. The van der Waals surface area contributed by atoms with Crippen LogP contribution < -0.4 is 5.73 Å². The number of halogens is 1. The van der Waals surface area contributed by atoms with Gasteiger partial charge in [0.2, 0.25) is 5.91 Å². The standard InChI is InChI=1S/C14H13FN2O/c15-12-4-2-1-3-11(12)13-7-5-10(9-17-13)6-8-14(16)18/h1-5,7,9H,6,8H2,(H2,16,18). The minimum Gasteiger partial charge on any atom is -0.370 e. The van der Waals surface area contributed by atoms with E-state index in [4.69, 9.17) is 5.73 Å². The van der Waals surface area contributed by atoms with Crippen molar-refractivity contribution >= 4 is 5.91 Å². The number of benzene rings is 1. The second-order valence-corrected chi connectivity index (χ2v) is 4.00. The smallest absolute Gasteiger partial charge is 0.217 e. The van der Waals surface area contributed by atoms with E-state index in [0.717, 1.165) is 5.56 Å². The minimum absolute atomic E-state index is 0.292. The van der Waals surface area contributed by atoms with E-state index in [9.17, 15) is 9.18 Å². The molecule has 0 radical (unpaired) electrons. The van der Waals surface area contributed by atoms with Crippen molar-refractivity contribution in [3.05, 3.63) is 54.0 Å². The van der Waals surface area contributed by atoms with E-state index < -0.39 is 0 Å². The van der Waals surface area contributed by atoms with Gasteiger partial charge < -0.3 is 5.73 Å². The normalized spacial score (nSPS) is 10.3. The second kappa shape index (κ2) is 5.40. The number of hydrogen-bond donors (Lipinski definition) is 1. The first-order valence-corrected chi connectivity index (χ1v) is 5.65. The monoisotopic (exact) mass is 244 g/mol. The first-order valence-electron chi connectivity index (χ1n) is 5.65. The average Bonchev–Trinajstić information content (AvgIpc) is 2.38. The molecule has 0 bridgehead atoms. The summed E-state index contributed by atoms with van der Waals surface area (Å²) in [6.45, 7) is 0. The summed E-state index contributed by atoms with van der Waals surface area (Å²) in [5.41, 5.74) is 7.03. The predicted octanol–water partition coefficient (Wildman–Crippen LogP) is 2.31. The minimum atomic E-state index is -0.340. The van der Waals surface area contributed by atoms with Crippen LogP contribution >= 0.6 is 0 Å². The van der Waals surface area contributed by atoms with Crippen LogP contribution in [0.1, 0.15) is 12.0 Å². The van der Waals surface area contributed by atoms with Crippen molar-refractivity contribution in [2.45, 2.75) is 12.8 Å². The molecule has 1 heterocycles. The number of aryl methyl sites for hydroxylation is 1. The Morgan fingerprint density at radius 1 is 1.22 bits per heavy atom. The third-order valence-electron chi connectivity index (χ3n) is 2.63. The summed E-state index contributed by atoms with van der Waals surface area (Å²) in [4.78, 5) is 14.9. The maximum atomic E-state index is 13.5. The molecule has 2 rings (SSSR count). The summed E-state index contributed by atoms with van der Waals surface area (Å²) < 4.78 is 13.5. The number of primary amides is 1. The maximum Gasteiger partial charge on any atom is 0.217 e. The van der Waals surface area contributed by atoms with E-state index in [0.29, 0.717) is 24.1 Å². The van der Waals surface area contributed by atoms with Gasteiger partial charge in [0, 0.05) is 18.2 Å². The topological polar surface area (TPSA) is 56.0 Å². The summed E-state index contributed by atoms with van der Waals surface area (Å²) in [5.74, 6) is -0.636. The highest BCUT2D eigenvalue weighted by atomic mass is 19.1. The van der Waals surface area contributed by atoms with Crippen LogP contribution in [0.5, 0.6) is 0 Å². The van der Waals surface area contributed by atoms with E-state index in [1.54, 1.807) is 30.5 Å². The zero-order valence-electron chi connectivity index (χ0n) is 9.77. The lowest BCUT2D eigenvalue weighted by Gasteiger charge is -2.04. The zero-order valence-corrected chi connectivity index (χ0v) is 9.77. The molecule has 1 aromatic carbocycles. The molecule has 4 heteroatoms. The number of amides is 1. The molecule has 18 heavy (non-hydrogen) atoms.